The molecule has 22 heavy (non-hydrogen) atoms. The van der Waals surface area contributed by atoms with Crippen LogP contribution in [-0.2, 0) is 9.59 Å². The van der Waals surface area contributed by atoms with E-state index >= 15 is 0 Å². The lowest BCUT2D eigenvalue weighted by atomic mass is 10.1. The van der Waals surface area contributed by atoms with E-state index in [0.717, 1.165) is 51.5 Å². The Morgan fingerprint density at radius 3 is 2.41 bits per heavy atom. The molecule has 0 aromatic heterocycles. The van der Waals surface area contributed by atoms with Crippen molar-refractivity contribution in [2.75, 3.05) is 6.54 Å². The van der Waals surface area contributed by atoms with Crippen LogP contribution >= 0.6 is 0 Å². The topological polar surface area (TPSA) is 49.4 Å². The second-order valence-electron chi connectivity index (χ2n) is 6.90. The number of carbonyl (C=O) groups excluding carboxylic acids is 2. The molecule has 1 atom stereocenters. The second-order valence-corrected chi connectivity index (χ2v) is 6.90. The average molecular weight is 308 g/mol. The van der Waals surface area contributed by atoms with Crippen LogP contribution in [0.2, 0.25) is 0 Å². The number of rotatable bonds is 6. The largest absolute Gasteiger partial charge is 0.352 e. The van der Waals surface area contributed by atoms with E-state index in [4.69, 9.17) is 0 Å². The number of nitrogens with one attached hydrogen (secondary N) is 1. The summed E-state index contributed by atoms with van der Waals surface area (Å²) in [6.07, 6.45) is 12.8. The van der Waals surface area contributed by atoms with Crippen LogP contribution in [0.4, 0.5) is 0 Å². The molecule has 1 aliphatic carbocycles. The average Bonchev–Trinajstić information content (AvgIpc) is 2.87. The molecule has 0 radical (unpaired) electrons. The molecule has 4 heteroatoms. The lowest BCUT2D eigenvalue weighted by molar-refractivity contribution is -0.138. The Balaban J connectivity index is 1.83. The van der Waals surface area contributed by atoms with Crippen molar-refractivity contribution in [2.45, 2.75) is 96.1 Å². The van der Waals surface area contributed by atoms with Gasteiger partial charge in [0.25, 0.3) is 0 Å². The van der Waals surface area contributed by atoms with Crippen LogP contribution in [0.25, 0.3) is 0 Å². The first-order chi connectivity index (χ1) is 10.7. The fourth-order valence-corrected chi connectivity index (χ4v) is 3.73. The van der Waals surface area contributed by atoms with Crippen LogP contribution in [0.1, 0.15) is 84.0 Å². The van der Waals surface area contributed by atoms with Gasteiger partial charge in [-0.1, -0.05) is 45.4 Å². The molecule has 126 valence electrons. The molecule has 1 saturated heterocycles. The van der Waals surface area contributed by atoms with Gasteiger partial charge >= 0.3 is 0 Å². The van der Waals surface area contributed by atoms with Crippen molar-refractivity contribution in [3.8, 4) is 0 Å². The fourth-order valence-electron chi connectivity index (χ4n) is 3.73. The highest BCUT2D eigenvalue weighted by molar-refractivity contribution is 5.88. The van der Waals surface area contributed by atoms with Crippen LogP contribution in [0.3, 0.4) is 0 Å². The maximum absolute atomic E-state index is 12.6. The standard InChI is InChI=1S/C18H32N2O2/c1-2-3-6-13-17(21)20-14-9-12-16(20)18(22)19-15-10-7-4-5-8-11-15/h15-16H,2-14H2,1H3,(H,19,22). The van der Waals surface area contributed by atoms with Gasteiger partial charge in [0.15, 0.2) is 0 Å². The number of hydrogen-bond acceptors (Lipinski definition) is 2. The van der Waals surface area contributed by atoms with Crippen molar-refractivity contribution in [3.63, 3.8) is 0 Å². The van der Waals surface area contributed by atoms with Crippen LogP contribution in [0.15, 0.2) is 0 Å². The van der Waals surface area contributed by atoms with E-state index in [1.165, 1.54) is 25.7 Å². The molecule has 2 fully saturated rings. The molecular formula is C18H32N2O2. The zero-order valence-electron chi connectivity index (χ0n) is 14.1. The van der Waals surface area contributed by atoms with E-state index in [1.54, 1.807) is 0 Å². The minimum Gasteiger partial charge on any atom is -0.352 e. The number of amides is 2. The number of likely N-dealkylation sites (tertiary alicyclic amines) is 1. The monoisotopic (exact) mass is 308 g/mol. The van der Waals surface area contributed by atoms with Gasteiger partial charge < -0.3 is 10.2 Å². The predicted octanol–water partition coefficient (Wildman–Crippen LogP) is 3.40. The third kappa shape index (κ3) is 4.99. The summed E-state index contributed by atoms with van der Waals surface area (Å²) in [6.45, 7) is 2.90. The molecule has 0 bridgehead atoms. The Kier molecular flexibility index (Phi) is 7.20. The Morgan fingerprint density at radius 1 is 1.00 bits per heavy atom. The molecule has 0 aromatic carbocycles. The van der Waals surface area contributed by atoms with Gasteiger partial charge in [-0.05, 0) is 32.1 Å². The van der Waals surface area contributed by atoms with E-state index in [1.807, 2.05) is 4.90 Å². The van der Waals surface area contributed by atoms with Gasteiger partial charge in [-0.3, -0.25) is 9.59 Å². The quantitative estimate of drug-likeness (QED) is 0.604. The number of nitrogens with zero attached hydrogens (tertiary/aromatic N) is 1. The van der Waals surface area contributed by atoms with Crippen LogP contribution in [0, 0.1) is 0 Å². The van der Waals surface area contributed by atoms with Gasteiger partial charge in [0.2, 0.25) is 11.8 Å². The first kappa shape index (κ1) is 17.3. The van der Waals surface area contributed by atoms with Crippen LogP contribution in [0.5, 0.6) is 0 Å². The first-order valence-electron chi connectivity index (χ1n) is 9.32. The Morgan fingerprint density at radius 2 is 1.73 bits per heavy atom. The molecule has 1 heterocycles. The third-order valence-corrected chi connectivity index (χ3v) is 5.07. The predicted molar refractivity (Wildman–Crippen MR) is 88.5 cm³/mol. The summed E-state index contributed by atoms with van der Waals surface area (Å²) in [5.41, 5.74) is 0. The normalized spacial score (nSPS) is 23.3. The summed E-state index contributed by atoms with van der Waals surface area (Å²) >= 11 is 0. The molecule has 1 aliphatic heterocycles. The zero-order valence-corrected chi connectivity index (χ0v) is 14.1. The molecule has 2 rings (SSSR count). The summed E-state index contributed by atoms with van der Waals surface area (Å²) < 4.78 is 0. The molecule has 1 unspecified atom stereocenters. The number of hydrogen-bond donors (Lipinski definition) is 1. The van der Waals surface area contributed by atoms with E-state index in [2.05, 4.69) is 12.2 Å². The van der Waals surface area contributed by atoms with Gasteiger partial charge in [-0.2, -0.15) is 0 Å². The van der Waals surface area contributed by atoms with Crippen molar-refractivity contribution in [2.24, 2.45) is 0 Å². The molecular weight excluding hydrogens is 276 g/mol. The zero-order chi connectivity index (χ0) is 15.8. The highest BCUT2D eigenvalue weighted by Crippen LogP contribution is 2.21. The van der Waals surface area contributed by atoms with Crippen molar-refractivity contribution in [1.29, 1.82) is 0 Å². The number of carbonyl (C=O) groups is 2. The Hall–Kier alpha value is -1.06. The van der Waals surface area contributed by atoms with Gasteiger partial charge in [0.1, 0.15) is 6.04 Å². The molecule has 2 amide bonds. The van der Waals surface area contributed by atoms with Crippen molar-refractivity contribution in [3.05, 3.63) is 0 Å². The lowest BCUT2D eigenvalue weighted by Crippen LogP contribution is -2.48. The molecule has 0 aromatic rings. The molecule has 1 N–H and O–H groups in total. The maximum Gasteiger partial charge on any atom is 0.243 e. The summed E-state index contributed by atoms with van der Waals surface area (Å²) in [5, 5.41) is 3.22. The maximum atomic E-state index is 12.6. The summed E-state index contributed by atoms with van der Waals surface area (Å²) in [7, 11) is 0. The van der Waals surface area contributed by atoms with Gasteiger partial charge in [0.05, 0.1) is 0 Å². The Bertz CT molecular complexity index is 362. The molecule has 2 aliphatic rings. The SMILES string of the molecule is CCCCCC(=O)N1CCCC1C(=O)NC1CCCCCC1. The lowest BCUT2D eigenvalue weighted by Gasteiger charge is -2.26. The van der Waals surface area contributed by atoms with Crippen LogP contribution in [-0.4, -0.2) is 35.3 Å². The third-order valence-electron chi connectivity index (χ3n) is 5.07. The van der Waals surface area contributed by atoms with Gasteiger partial charge in [0, 0.05) is 19.0 Å². The van der Waals surface area contributed by atoms with E-state index in [-0.39, 0.29) is 17.9 Å². The fraction of sp³-hybridized carbons (Fsp3) is 0.889. The molecule has 1 saturated carbocycles. The second kappa shape index (κ2) is 9.16. The van der Waals surface area contributed by atoms with Crippen molar-refractivity contribution >= 4 is 11.8 Å². The van der Waals surface area contributed by atoms with Crippen LogP contribution < -0.4 is 5.32 Å². The molecule has 0 spiro atoms. The minimum atomic E-state index is -0.211. The smallest absolute Gasteiger partial charge is 0.243 e. The highest BCUT2D eigenvalue weighted by atomic mass is 16.2. The first-order valence-corrected chi connectivity index (χ1v) is 9.32. The number of unbranched alkanes of at least 4 members (excludes halogenated alkanes) is 2. The summed E-state index contributed by atoms with van der Waals surface area (Å²) in [4.78, 5) is 26.7. The summed E-state index contributed by atoms with van der Waals surface area (Å²) in [5.74, 6) is 0.264. The highest BCUT2D eigenvalue weighted by Gasteiger charge is 2.34. The van der Waals surface area contributed by atoms with E-state index in [0.29, 0.717) is 12.5 Å². The minimum absolute atomic E-state index is 0.0910. The van der Waals surface area contributed by atoms with Crippen molar-refractivity contribution in [1.82, 2.24) is 10.2 Å². The van der Waals surface area contributed by atoms with Gasteiger partial charge in [-0.25, -0.2) is 0 Å². The van der Waals surface area contributed by atoms with E-state index in [9.17, 15) is 9.59 Å². The summed E-state index contributed by atoms with van der Waals surface area (Å²) in [6, 6.07) is 0.116. The van der Waals surface area contributed by atoms with E-state index < -0.39 is 0 Å². The molecule has 4 nitrogen and oxygen atoms in total. The van der Waals surface area contributed by atoms with Crippen molar-refractivity contribution < 1.29 is 9.59 Å². The van der Waals surface area contributed by atoms with Gasteiger partial charge in [-0.15, -0.1) is 0 Å². The Labute approximate surface area is 135 Å².